The summed E-state index contributed by atoms with van der Waals surface area (Å²) in [4.78, 5) is 25.0. The minimum Gasteiger partial charge on any atom is -0.497 e. The fourth-order valence-corrected chi connectivity index (χ4v) is 3.44. The third kappa shape index (κ3) is 4.82. The molecule has 0 spiro atoms. The molecule has 168 valence electrons. The van der Waals surface area contributed by atoms with E-state index in [0.29, 0.717) is 45.1 Å². The van der Waals surface area contributed by atoms with Gasteiger partial charge in [0, 0.05) is 11.5 Å². The van der Waals surface area contributed by atoms with Crippen LogP contribution in [0.4, 0.5) is 0 Å². The Bertz CT molecular complexity index is 1350. The van der Waals surface area contributed by atoms with Crippen LogP contribution in [-0.4, -0.2) is 27.3 Å². The number of methoxy groups -OCH3 is 3. The van der Waals surface area contributed by atoms with Crippen LogP contribution in [0.3, 0.4) is 0 Å². The van der Waals surface area contributed by atoms with Gasteiger partial charge in [-0.3, -0.25) is 4.79 Å². The van der Waals surface area contributed by atoms with Crippen LogP contribution in [0.15, 0.2) is 75.9 Å². The average Bonchev–Trinajstić information content (AvgIpc) is 2.83. The number of fused-ring (bicyclic) bond motifs is 1. The molecule has 0 atom stereocenters. The van der Waals surface area contributed by atoms with Crippen molar-refractivity contribution in [3.63, 3.8) is 0 Å². The van der Waals surface area contributed by atoms with Crippen molar-refractivity contribution in [2.75, 3.05) is 21.3 Å². The number of carbonyl (C=O) groups excluding carboxylic acids is 1. The van der Waals surface area contributed by atoms with Gasteiger partial charge in [-0.05, 0) is 53.6 Å². The second-order valence-electron chi connectivity index (χ2n) is 7.22. The molecule has 4 aromatic rings. The van der Waals surface area contributed by atoms with Crippen LogP contribution in [0.25, 0.3) is 22.1 Å². The number of carbonyl (C=O) groups is 1. The van der Waals surface area contributed by atoms with E-state index in [1.807, 2.05) is 0 Å². The highest BCUT2D eigenvalue weighted by Gasteiger charge is 2.13. The summed E-state index contributed by atoms with van der Waals surface area (Å²) in [5, 5.41) is 0.689. The van der Waals surface area contributed by atoms with Crippen molar-refractivity contribution in [2.24, 2.45) is 0 Å². The van der Waals surface area contributed by atoms with E-state index in [9.17, 15) is 9.59 Å². The van der Waals surface area contributed by atoms with Crippen molar-refractivity contribution in [3.8, 4) is 34.1 Å². The lowest BCUT2D eigenvalue weighted by atomic mass is 10.1. The van der Waals surface area contributed by atoms with Crippen LogP contribution in [0.1, 0.15) is 5.56 Å². The monoisotopic (exact) mass is 446 g/mol. The normalized spacial score (nSPS) is 10.6. The fraction of sp³-hybridized carbons (Fsp3) is 0.154. The molecule has 4 rings (SSSR count). The van der Waals surface area contributed by atoms with Gasteiger partial charge < -0.3 is 23.4 Å². The van der Waals surface area contributed by atoms with Gasteiger partial charge in [-0.25, -0.2) is 4.79 Å². The molecule has 0 aliphatic heterocycles. The van der Waals surface area contributed by atoms with Gasteiger partial charge in [0.1, 0.15) is 17.1 Å². The van der Waals surface area contributed by atoms with E-state index in [1.54, 1.807) is 74.9 Å². The lowest BCUT2D eigenvalue weighted by Gasteiger charge is -2.10. The first-order valence-electron chi connectivity index (χ1n) is 10.1. The molecule has 0 aliphatic rings. The predicted molar refractivity (Wildman–Crippen MR) is 123 cm³/mol. The molecule has 0 radical (unpaired) electrons. The highest BCUT2D eigenvalue weighted by Crippen LogP contribution is 2.32. The highest BCUT2D eigenvalue weighted by molar-refractivity contribution is 5.84. The van der Waals surface area contributed by atoms with Crippen LogP contribution in [-0.2, 0) is 11.2 Å². The molecule has 3 aromatic carbocycles. The zero-order valence-corrected chi connectivity index (χ0v) is 18.4. The maximum absolute atomic E-state index is 12.7. The number of rotatable bonds is 7. The van der Waals surface area contributed by atoms with E-state index in [2.05, 4.69) is 0 Å². The van der Waals surface area contributed by atoms with Crippen LogP contribution < -0.4 is 24.6 Å². The molecule has 7 nitrogen and oxygen atoms in total. The second kappa shape index (κ2) is 9.48. The van der Waals surface area contributed by atoms with Crippen molar-refractivity contribution >= 4 is 16.9 Å². The third-order valence-corrected chi connectivity index (χ3v) is 5.14. The standard InChI is InChI=1S/C26H22O7/c1-29-19-8-4-16(5-9-19)12-25(27)32-20-10-6-18-13-21(26(28)33-23(18)15-20)17-7-11-22(30-2)24(14-17)31-3/h4-11,13-15H,12H2,1-3H3. The summed E-state index contributed by atoms with van der Waals surface area (Å²) in [6.45, 7) is 0. The molecule has 0 bridgehead atoms. The maximum atomic E-state index is 12.7. The molecule has 1 aromatic heterocycles. The second-order valence-corrected chi connectivity index (χ2v) is 7.22. The molecule has 0 fully saturated rings. The maximum Gasteiger partial charge on any atom is 0.344 e. The smallest absolute Gasteiger partial charge is 0.344 e. The third-order valence-electron chi connectivity index (χ3n) is 5.14. The Morgan fingerprint density at radius 3 is 2.21 bits per heavy atom. The van der Waals surface area contributed by atoms with Crippen molar-refractivity contribution in [3.05, 3.63) is 82.7 Å². The van der Waals surface area contributed by atoms with Gasteiger partial charge in [0.2, 0.25) is 0 Å². The summed E-state index contributed by atoms with van der Waals surface area (Å²) in [5.41, 5.74) is 1.62. The first-order valence-corrected chi connectivity index (χ1v) is 10.1. The first kappa shape index (κ1) is 22.0. The molecule has 7 heteroatoms. The van der Waals surface area contributed by atoms with E-state index in [4.69, 9.17) is 23.4 Å². The predicted octanol–water partition coefficient (Wildman–Crippen LogP) is 4.63. The Labute approximate surface area is 190 Å². The Morgan fingerprint density at radius 1 is 0.788 bits per heavy atom. The van der Waals surface area contributed by atoms with E-state index in [0.717, 1.165) is 5.56 Å². The Kier molecular flexibility index (Phi) is 6.31. The fourth-order valence-electron chi connectivity index (χ4n) is 3.44. The molecule has 0 N–H and O–H groups in total. The molecule has 0 amide bonds. The Morgan fingerprint density at radius 2 is 1.52 bits per heavy atom. The summed E-state index contributed by atoms with van der Waals surface area (Å²) < 4.78 is 26.6. The summed E-state index contributed by atoms with van der Waals surface area (Å²) in [6, 6.07) is 19.0. The number of ether oxygens (including phenoxy) is 4. The molecule has 0 unspecified atom stereocenters. The molecule has 0 saturated heterocycles. The molecule has 33 heavy (non-hydrogen) atoms. The van der Waals surface area contributed by atoms with Gasteiger partial charge in [0.05, 0.1) is 33.3 Å². The first-order chi connectivity index (χ1) is 16.0. The lowest BCUT2D eigenvalue weighted by molar-refractivity contribution is -0.133. The SMILES string of the molecule is COc1ccc(CC(=O)Oc2ccc3cc(-c4ccc(OC)c(OC)c4)c(=O)oc3c2)cc1. The van der Waals surface area contributed by atoms with Gasteiger partial charge in [0.15, 0.2) is 11.5 Å². The van der Waals surface area contributed by atoms with Crippen LogP contribution in [0, 0.1) is 0 Å². The molecular formula is C26H22O7. The number of esters is 1. The van der Waals surface area contributed by atoms with Gasteiger partial charge in [-0.1, -0.05) is 18.2 Å². The van der Waals surface area contributed by atoms with Crippen LogP contribution in [0.5, 0.6) is 23.0 Å². The topological polar surface area (TPSA) is 84.2 Å². The summed E-state index contributed by atoms with van der Waals surface area (Å²) >= 11 is 0. The summed E-state index contributed by atoms with van der Waals surface area (Å²) in [6.07, 6.45) is 0.101. The molecule has 1 heterocycles. The van der Waals surface area contributed by atoms with Gasteiger partial charge in [-0.15, -0.1) is 0 Å². The molecular weight excluding hydrogens is 424 g/mol. The van der Waals surface area contributed by atoms with E-state index in [1.165, 1.54) is 13.2 Å². The van der Waals surface area contributed by atoms with E-state index in [-0.39, 0.29) is 6.42 Å². The number of benzene rings is 3. The number of hydrogen-bond donors (Lipinski definition) is 0. The van der Waals surface area contributed by atoms with Gasteiger partial charge in [-0.2, -0.15) is 0 Å². The van der Waals surface area contributed by atoms with Gasteiger partial charge >= 0.3 is 11.6 Å². The minimum atomic E-state index is -0.517. The largest absolute Gasteiger partial charge is 0.497 e. The van der Waals surface area contributed by atoms with E-state index >= 15 is 0 Å². The summed E-state index contributed by atoms with van der Waals surface area (Å²) in [7, 11) is 4.66. The zero-order valence-electron chi connectivity index (χ0n) is 18.4. The van der Waals surface area contributed by atoms with Crippen molar-refractivity contribution in [1.29, 1.82) is 0 Å². The Hall–Kier alpha value is -4.26. The highest BCUT2D eigenvalue weighted by atomic mass is 16.5. The van der Waals surface area contributed by atoms with Crippen molar-refractivity contribution in [2.45, 2.75) is 6.42 Å². The Balaban J connectivity index is 1.56. The van der Waals surface area contributed by atoms with Crippen LogP contribution >= 0.6 is 0 Å². The quantitative estimate of drug-likeness (QED) is 0.232. The zero-order chi connectivity index (χ0) is 23.4. The van der Waals surface area contributed by atoms with Crippen molar-refractivity contribution < 1.29 is 28.2 Å². The van der Waals surface area contributed by atoms with Crippen molar-refractivity contribution in [1.82, 2.24) is 0 Å². The van der Waals surface area contributed by atoms with Gasteiger partial charge in [0.25, 0.3) is 0 Å². The lowest BCUT2D eigenvalue weighted by Crippen LogP contribution is -2.11. The molecule has 0 aliphatic carbocycles. The number of hydrogen-bond acceptors (Lipinski definition) is 7. The molecule has 0 saturated carbocycles. The average molecular weight is 446 g/mol. The summed E-state index contributed by atoms with van der Waals surface area (Å²) in [5.74, 6) is 1.65. The van der Waals surface area contributed by atoms with E-state index < -0.39 is 11.6 Å². The van der Waals surface area contributed by atoms with Crippen LogP contribution in [0.2, 0.25) is 0 Å². The minimum absolute atomic E-state index is 0.101.